The van der Waals surface area contributed by atoms with Crippen LogP contribution in [-0.4, -0.2) is 30.2 Å². The number of nitro benzene ring substituents is 1. The van der Waals surface area contributed by atoms with Crippen molar-refractivity contribution in [3.63, 3.8) is 0 Å². The molecule has 0 heterocycles. The molecule has 0 N–H and O–H groups in total. The van der Waals surface area contributed by atoms with Gasteiger partial charge in [-0.3, -0.25) is 0 Å². The Morgan fingerprint density at radius 2 is 1.58 bits per heavy atom. The molecule has 0 bridgehead atoms. The quantitative estimate of drug-likeness (QED) is 0.105. The number of hydrogen-bond acceptors (Lipinski definition) is 7. The van der Waals surface area contributed by atoms with Gasteiger partial charge >= 0.3 is 163 Å². The standard InChI is InChI=1S/C15H24Cl2N3O5P/c1-4-23-26(24-5-2,25-6-3)19-18-15(17)11-14(16)12-7-9-13(10-8-12)20(21)22/h7-10,14-15,26H,4-6,11H2,1-3H3. The Bertz CT molecular complexity index is 574. The van der Waals surface area contributed by atoms with Gasteiger partial charge in [-0.05, 0) is 0 Å². The van der Waals surface area contributed by atoms with Gasteiger partial charge in [0.05, 0.1) is 0 Å². The van der Waals surface area contributed by atoms with E-state index in [2.05, 4.69) is 10.00 Å². The number of alkyl halides is 2. The molecule has 1 aromatic carbocycles. The number of halogens is 2. The number of nitrogens with zero attached hydrogens (tertiary/aromatic N) is 3. The number of nitro groups is 1. The minimum atomic E-state index is -3.25. The van der Waals surface area contributed by atoms with Crippen molar-refractivity contribution in [3.05, 3.63) is 39.9 Å². The zero-order chi connectivity index (χ0) is 19.6. The van der Waals surface area contributed by atoms with Crippen LogP contribution in [0.1, 0.15) is 38.1 Å². The second kappa shape index (κ2) is 11.7. The third-order valence-electron chi connectivity index (χ3n) is 3.15. The van der Waals surface area contributed by atoms with Crippen molar-refractivity contribution in [1.29, 1.82) is 0 Å². The Morgan fingerprint density at radius 1 is 1.08 bits per heavy atom. The molecule has 0 aliphatic heterocycles. The molecule has 0 aliphatic carbocycles. The van der Waals surface area contributed by atoms with Gasteiger partial charge in [-0.2, -0.15) is 0 Å². The van der Waals surface area contributed by atoms with Gasteiger partial charge in [-0.1, -0.05) is 0 Å². The van der Waals surface area contributed by atoms with E-state index < -0.39 is 23.9 Å². The maximum absolute atomic E-state index is 10.7. The molecule has 0 fully saturated rings. The summed E-state index contributed by atoms with van der Waals surface area (Å²) in [7, 11) is -3.25. The monoisotopic (exact) mass is 427 g/mol. The van der Waals surface area contributed by atoms with E-state index in [-0.39, 0.29) is 12.1 Å². The molecule has 0 spiro atoms. The SMILES string of the molecule is CCO[PH](N=NC(Cl)CC(Cl)c1ccc([N+](=O)[O-])cc1)(OCC)OCC. The Labute approximate surface area is 163 Å². The van der Waals surface area contributed by atoms with Crippen LogP contribution < -0.4 is 0 Å². The zero-order valence-electron chi connectivity index (χ0n) is 14.9. The van der Waals surface area contributed by atoms with Crippen LogP contribution in [0.5, 0.6) is 0 Å². The van der Waals surface area contributed by atoms with Crippen LogP contribution in [0.2, 0.25) is 0 Å². The summed E-state index contributed by atoms with van der Waals surface area (Å²) in [4.78, 5) is 14.3. The van der Waals surface area contributed by atoms with E-state index in [9.17, 15) is 10.1 Å². The molecular formula is C15H24Cl2N3O5P. The molecule has 2 atom stereocenters. The average Bonchev–Trinajstić information content (AvgIpc) is 2.61. The number of hydrogen-bond donors (Lipinski definition) is 0. The van der Waals surface area contributed by atoms with Crippen molar-refractivity contribution in [1.82, 2.24) is 0 Å². The fraction of sp³-hybridized carbons (Fsp3) is 0.600. The first-order chi connectivity index (χ1) is 12.4. The molecule has 0 aliphatic rings. The first kappa shape index (κ1) is 23.1. The van der Waals surface area contributed by atoms with Crippen molar-refractivity contribution in [2.75, 3.05) is 19.8 Å². The summed E-state index contributed by atoms with van der Waals surface area (Å²) in [5.41, 5.74) is -0.0114. The van der Waals surface area contributed by atoms with E-state index >= 15 is 0 Å². The second-order valence-corrected chi connectivity index (χ2v) is 8.17. The molecule has 1 aromatic rings. The molecule has 11 heteroatoms. The summed E-state index contributed by atoms with van der Waals surface area (Å²) < 4.78 is 16.7. The average molecular weight is 428 g/mol. The fourth-order valence-electron chi connectivity index (χ4n) is 2.05. The van der Waals surface area contributed by atoms with Gasteiger partial charge in [0.15, 0.2) is 0 Å². The van der Waals surface area contributed by atoms with Crippen LogP contribution in [0, 0.1) is 10.1 Å². The Balaban J connectivity index is 2.76. The Kier molecular flexibility index (Phi) is 10.5. The first-order valence-corrected chi connectivity index (χ1v) is 10.8. The zero-order valence-corrected chi connectivity index (χ0v) is 17.4. The molecular weight excluding hydrogens is 404 g/mol. The van der Waals surface area contributed by atoms with Gasteiger partial charge in [0.1, 0.15) is 0 Å². The third kappa shape index (κ3) is 7.39. The van der Waals surface area contributed by atoms with Gasteiger partial charge < -0.3 is 0 Å². The molecule has 2 unspecified atom stereocenters. The summed E-state index contributed by atoms with van der Waals surface area (Å²) in [5, 5.41) is 14.3. The number of non-ortho nitro benzene ring substituents is 1. The summed E-state index contributed by atoms with van der Waals surface area (Å²) in [6.07, 6.45) is 0.277. The van der Waals surface area contributed by atoms with Gasteiger partial charge in [0, 0.05) is 0 Å². The second-order valence-electron chi connectivity index (χ2n) is 5.02. The molecule has 148 valence electrons. The molecule has 1 rings (SSSR count). The van der Waals surface area contributed by atoms with Gasteiger partial charge in [-0.25, -0.2) is 0 Å². The molecule has 26 heavy (non-hydrogen) atoms. The van der Waals surface area contributed by atoms with Crippen molar-refractivity contribution >= 4 is 37.0 Å². The summed E-state index contributed by atoms with van der Waals surface area (Å²) in [5.74, 6) is 0. The van der Waals surface area contributed by atoms with Crippen LogP contribution in [0.15, 0.2) is 34.3 Å². The van der Waals surface area contributed by atoms with E-state index in [0.717, 1.165) is 0 Å². The normalized spacial score (nSPS) is 15.1. The molecule has 0 radical (unpaired) electrons. The Hall–Kier alpha value is -0.890. The van der Waals surface area contributed by atoms with E-state index in [1.165, 1.54) is 12.1 Å². The van der Waals surface area contributed by atoms with Crippen LogP contribution in [0.4, 0.5) is 5.69 Å². The summed E-state index contributed by atoms with van der Waals surface area (Å²) >= 11 is 12.5. The predicted octanol–water partition coefficient (Wildman–Crippen LogP) is 5.80. The first-order valence-electron chi connectivity index (χ1n) is 8.23. The van der Waals surface area contributed by atoms with Gasteiger partial charge in [-0.15, -0.1) is 0 Å². The Morgan fingerprint density at radius 3 is 2.00 bits per heavy atom. The van der Waals surface area contributed by atoms with Crippen LogP contribution >= 0.6 is 31.3 Å². The van der Waals surface area contributed by atoms with Gasteiger partial charge in [0.25, 0.3) is 0 Å². The minimum absolute atomic E-state index is 0.000606. The van der Waals surface area contributed by atoms with Crippen molar-refractivity contribution < 1.29 is 18.5 Å². The van der Waals surface area contributed by atoms with E-state index in [1.54, 1.807) is 12.1 Å². The van der Waals surface area contributed by atoms with Crippen molar-refractivity contribution in [3.8, 4) is 0 Å². The third-order valence-corrected chi connectivity index (χ3v) is 6.17. The van der Waals surface area contributed by atoms with Gasteiger partial charge in [0.2, 0.25) is 0 Å². The summed E-state index contributed by atoms with van der Waals surface area (Å²) in [6.45, 7) is 6.57. The summed E-state index contributed by atoms with van der Waals surface area (Å²) in [6, 6.07) is 5.98. The topological polar surface area (TPSA) is 95.6 Å². The van der Waals surface area contributed by atoms with E-state index in [0.29, 0.717) is 25.4 Å². The van der Waals surface area contributed by atoms with E-state index in [4.69, 9.17) is 36.8 Å². The number of rotatable bonds is 12. The maximum atomic E-state index is 10.7. The van der Waals surface area contributed by atoms with Crippen LogP contribution in [0.3, 0.4) is 0 Å². The van der Waals surface area contributed by atoms with E-state index in [1.807, 2.05) is 20.8 Å². The molecule has 0 aromatic heterocycles. The van der Waals surface area contributed by atoms with Crippen LogP contribution in [0.25, 0.3) is 0 Å². The fourth-order valence-corrected chi connectivity index (χ4v) is 4.55. The number of benzene rings is 1. The molecule has 0 saturated heterocycles. The van der Waals surface area contributed by atoms with Crippen molar-refractivity contribution in [2.45, 2.75) is 38.1 Å². The van der Waals surface area contributed by atoms with Crippen molar-refractivity contribution in [2.24, 2.45) is 10.00 Å². The van der Waals surface area contributed by atoms with Crippen LogP contribution in [-0.2, 0) is 13.6 Å². The molecule has 8 nitrogen and oxygen atoms in total. The predicted molar refractivity (Wildman–Crippen MR) is 104 cm³/mol. The molecule has 0 saturated carbocycles. The molecule has 0 amide bonds.